The lowest BCUT2D eigenvalue weighted by atomic mass is 10.1. The number of nitrogens with zero attached hydrogens (tertiary/aromatic N) is 3. The molecule has 1 aliphatic rings. The summed E-state index contributed by atoms with van der Waals surface area (Å²) in [6.45, 7) is 0.0136. The van der Waals surface area contributed by atoms with Gasteiger partial charge in [0.15, 0.2) is 23.2 Å². The molecule has 2 aromatic rings. The van der Waals surface area contributed by atoms with Gasteiger partial charge in [0.05, 0.1) is 18.2 Å². The summed E-state index contributed by atoms with van der Waals surface area (Å²) in [5.41, 5.74) is -0.602. The zero-order valence-corrected chi connectivity index (χ0v) is 12.2. The lowest BCUT2D eigenvalue weighted by Crippen LogP contribution is -2.42. The van der Waals surface area contributed by atoms with E-state index in [9.17, 15) is 28.2 Å². The van der Waals surface area contributed by atoms with Crippen LogP contribution in [0.5, 0.6) is 5.75 Å². The number of aromatic hydroxyl groups is 1. The minimum absolute atomic E-state index is 0.00364. The molecule has 1 saturated heterocycles. The number of aromatic nitrogens is 2. The van der Waals surface area contributed by atoms with Crippen LogP contribution in [0.15, 0.2) is 10.6 Å². The Morgan fingerprint density at radius 1 is 1.33 bits per heavy atom. The van der Waals surface area contributed by atoms with Gasteiger partial charge in [0, 0.05) is 13.0 Å². The van der Waals surface area contributed by atoms with Gasteiger partial charge in [-0.25, -0.2) is 8.78 Å². The van der Waals surface area contributed by atoms with Crippen molar-refractivity contribution in [3.63, 3.8) is 0 Å². The van der Waals surface area contributed by atoms with Gasteiger partial charge in [-0.15, -0.1) is 0 Å². The Bertz CT molecular complexity index is 796. The van der Waals surface area contributed by atoms with Crippen LogP contribution >= 0.6 is 0 Å². The second kappa shape index (κ2) is 6.11. The maximum Gasteiger partial charge on any atom is 0.261 e. The van der Waals surface area contributed by atoms with Crippen molar-refractivity contribution in [2.45, 2.75) is 25.5 Å². The Morgan fingerprint density at radius 2 is 2.08 bits per heavy atom. The first-order valence-electron chi connectivity index (χ1n) is 7.02. The smallest absolute Gasteiger partial charge is 0.261 e. The second-order valence-electron chi connectivity index (χ2n) is 5.37. The van der Waals surface area contributed by atoms with Crippen molar-refractivity contribution in [3.05, 3.63) is 29.3 Å². The van der Waals surface area contributed by atoms with Gasteiger partial charge >= 0.3 is 0 Å². The molecule has 2 N–H and O–H groups in total. The molecule has 128 valence electrons. The Hall–Kier alpha value is -2.62. The fourth-order valence-electron chi connectivity index (χ4n) is 2.39. The number of piperidine rings is 1. The third-order valence-corrected chi connectivity index (χ3v) is 3.64. The highest BCUT2D eigenvalue weighted by Crippen LogP contribution is 2.31. The standard InChI is InChI=1S/C14H12F3N3O4/c15-8-3-7(11(16)13(23)12(8)17)14-18-9(19-24-14)5-20-4-6(21)1-2-10(20)22/h3,6,21,23H,1-2,4-5H2. The molecule has 1 aromatic heterocycles. The molecule has 7 nitrogen and oxygen atoms in total. The maximum atomic E-state index is 13.8. The van der Waals surface area contributed by atoms with E-state index in [-0.39, 0.29) is 31.2 Å². The van der Waals surface area contributed by atoms with Crippen molar-refractivity contribution in [2.75, 3.05) is 6.54 Å². The van der Waals surface area contributed by atoms with E-state index in [2.05, 4.69) is 10.1 Å². The van der Waals surface area contributed by atoms with Gasteiger partial charge in [-0.1, -0.05) is 5.16 Å². The number of hydrogen-bond donors (Lipinski definition) is 2. The number of aliphatic hydroxyl groups excluding tert-OH is 1. The zero-order valence-electron chi connectivity index (χ0n) is 12.2. The summed E-state index contributed by atoms with van der Waals surface area (Å²) in [5.74, 6) is -6.80. The molecule has 1 fully saturated rings. The maximum absolute atomic E-state index is 13.8. The number of rotatable bonds is 3. The number of benzene rings is 1. The molecule has 1 aromatic carbocycles. The van der Waals surface area contributed by atoms with E-state index < -0.39 is 40.8 Å². The summed E-state index contributed by atoms with van der Waals surface area (Å²) < 4.78 is 45.0. The van der Waals surface area contributed by atoms with Crippen molar-refractivity contribution in [3.8, 4) is 17.2 Å². The van der Waals surface area contributed by atoms with Gasteiger partial charge in [-0.05, 0) is 12.5 Å². The molecule has 0 spiro atoms. The van der Waals surface area contributed by atoms with Crippen molar-refractivity contribution in [2.24, 2.45) is 0 Å². The number of likely N-dealkylation sites (tertiary alicyclic amines) is 1. The first kappa shape index (κ1) is 16.2. The summed E-state index contributed by atoms with van der Waals surface area (Å²) in [7, 11) is 0. The number of β-amino-alcohol motifs (C(OH)–C–C–N with tert-alkyl or cyclic N) is 1. The zero-order chi connectivity index (χ0) is 17.4. The predicted octanol–water partition coefficient (Wildman–Crippen LogP) is 1.34. The summed E-state index contributed by atoms with van der Waals surface area (Å²) in [6.07, 6.45) is -0.112. The van der Waals surface area contributed by atoms with Crippen molar-refractivity contribution in [1.29, 1.82) is 0 Å². The van der Waals surface area contributed by atoms with Gasteiger partial charge < -0.3 is 19.6 Å². The van der Waals surface area contributed by atoms with Crippen LogP contribution in [0.1, 0.15) is 18.7 Å². The van der Waals surface area contributed by atoms with Gasteiger partial charge in [-0.3, -0.25) is 4.79 Å². The number of aliphatic hydroxyl groups is 1. The van der Waals surface area contributed by atoms with Crippen LogP contribution in [0, 0.1) is 17.5 Å². The molecular weight excluding hydrogens is 331 g/mol. The first-order chi connectivity index (χ1) is 11.4. The van der Waals surface area contributed by atoms with Crippen LogP contribution < -0.4 is 0 Å². The highest BCUT2D eigenvalue weighted by molar-refractivity contribution is 5.77. The van der Waals surface area contributed by atoms with Crippen molar-refractivity contribution in [1.82, 2.24) is 15.0 Å². The lowest BCUT2D eigenvalue weighted by molar-refractivity contribution is -0.137. The SMILES string of the molecule is O=C1CCC(O)CN1Cc1noc(-c2cc(F)c(F)c(O)c2F)n1. The minimum Gasteiger partial charge on any atom is -0.503 e. The molecule has 3 rings (SSSR count). The number of phenols is 1. The molecule has 1 atom stereocenters. The molecule has 0 saturated carbocycles. The van der Waals surface area contributed by atoms with E-state index in [0.717, 1.165) is 0 Å². The summed E-state index contributed by atoms with van der Waals surface area (Å²) in [6, 6.07) is 0.484. The molecule has 0 radical (unpaired) electrons. The minimum atomic E-state index is -1.72. The van der Waals surface area contributed by atoms with E-state index in [1.165, 1.54) is 4.90 Å². The van der Waals surface area contributed by atoms with Crippen molar-refractivity contribution < 1.29 is 32.7 Å². The number of carbonyl (C=O) groups is 1. The third-order valence-electron chi connectivity index (χ3n) is 3.64. The Balaban J connectivity index is 1.85. The third kappa shape index (κ3) is 2.92. The largest absolute Gasteiger partial charge is 0.503 e. The van der Waals surface area contributed by atoms with E-state index in [4.69, 9.17) is 4.52 Å². The second-order valence-corrected chi connectivity index (χ2v) is 5.37. The number of phenolic OH excluding ortho intramolecular Hbond substituents is 1. The van der Waals surface area contributed by atoms with Crippen LogP contribution in [-0.2, 0) is 11.3 Å². The van der Waals surface area contributed by atoms with Crippen molar-refractivity contribution >= 4 is 5.91 Å². The molecule has 1 aliphatic heterocycles. The number of hydrogen-bond acceptors (Lipinski definition) is 6. The van der Waals surface area contributed by atoms with E-state index in [0.29, 0.717) is 12.5 Å². The highest BCUT2D eigenvalue weighted by atomic mass is 19.2. The topological polar surface area (TPSA) is 99.7 Å². The average molecular weight is 343 g/mol. The summed E-state index contributed by atoms with van der Waals surface area (Å²) in [4.78, 5) is 16.9. The van der Waals surface area contributed by atoms with Crippen LogP contribution in [-0.4, -0.2) is 43.8 Å². The van der Waals surface area contributed by atoms with Crippen LogP contribution in [0.2, 0.25) is 0 Å². The molecule has 1 unspecified atom stereocenters. The van der Waals surface area contributed by atoms with Gasteiger partial charge in [0.1, 0.15) is 0 Å². The molecule has 1 amide bonds. The summed E-state index contributed by atoms with van der Waals surface area (Å²) in [5, 5.41) is 22.3. The average Bonchev–Trinajstić information content (AvgIpc) is 3.00. The quantitative estimate of drug-likeness (QED) is 0.816. The van der Waals surface area contributed by atoms with Gasteiger partial charge in [0.2, 0.25) is 11.7 Å². The van der Waals surface area contributed by atoms with Crippen LogP contribution in [0.25, 0.3) is 11.5 Å². The number of carbonyl (C=O) groups excluding carboxylic acids is 1. The van der Waals surface area contributed by atoms with Gasteiger partial charge in [-0.2, -0.15) is 9.37 Å². The normalized spacial score (nSPS) is 18.2. The van der Waals surface area contributed by atoms with E-state index in [1.807, 2.05) is 0 Å². The Labute approximate surface area is 133 Å². The molecule has 2 heterocycles. The lowest BCUT2D eigenvalue weighted by Gasteiger charge is -2.28. The van der Waals surface area contributed by atoms with Crippen LogP contribution in [0.4, 0.5) is 13.2 Å². The Kier molecular flexibility index (Phi) is 4.14. The van der Waals surface area contributed by atoms with Gasteiger partial charge in [0.25, 0.3) is 5.89 Å². The first-order valence-corrected chi connectivity index (χ1v) is 7.02. The molecule has 24 heavy (non-hydrogen) atoms. The summed E-state index contributed by atoms with van der Waals surface area (Å²) >= 11 is 0. The molecular formula is C14H12F3N3O4. The molecule has 0 aliphatic carbocycles. The highest BCUT2D eigenvalue weighted by Gasteiger charge is 2.27. The molecule has 0 bridgehead atoms. The van der Waals surface area contributed by atoms with Crippen LogP contribution in [0.3, 0.4) is 0 Å². The fourth-order valence-corrected chi connectivity index (χ4v) is 2.39. The Morgan fingerprint density at radius 3 is 2.83 bits per heavy atom. The fraction of sp³-hybridized carbons (Fsp3) is 0.357. The predicted molar refractivity (Wildman–Crippen MR) is 71.9 cm³/mol. The number of amides is 1. The monoisotopic (exact) mass is 343 g/mol. The van der Waals surface area contributed by atoms with E-state index >= 15 is 0 Å². The molecule has 10 heteroatoms. The number of halogens is 3. The van der Waals surface area contributed by atoms with E-state index in [1.54, 1.807) is 0 Å².